The molecule has 2 rings (SSSR count). The lowest BCUT2D eigenvalue weighted by Gasteiger charge is -2.07. The van der Waals surface area contributed by atoms with Gasteiger partial charge in [-0.3, -0.25) is 9.78 Å². The predicted octanol–water partition coefficient (Wildman–Crippen LogP) is 3.89. The number of rotatable bonds is 2. The lowest BCUT2D eigenvalue weighted by atomic mass is 10.2. The monoisotopic (exact) mass is 328 g/mol. The Kier molecular flexibility index (Phi) is 3.93. The van der Waals surface area contributed by atoms with Gasteiger partial charge in [-0.05, 0) is 24.3 Å². The van der Waals surface area contributed by atoms with E-state index in [9.17, 15) is 9.18 Å². The molecule has 18 heavy (non-hydrogen) atoms. The zero-order chi connectivity index (χ0) is 13.1. The summed E-state index contributed by atoms with van der Waals surface area (Å²) in [5.74, 6) is -1.04. The molecule has 0 aliphatic carbocycles. The van der Waals surface area contributed by atoms with Crippen LogP contribution in [0.4, 0.5) is 10.1 Å². The minimum absolute atomic E-state index is 0.131. The van der Waals surface area contributed by atoms with Crippen LogP contribution in [-0.2, 0) is 0 Å². The van der Waals surface area contributed by atoms with Gasteiger partial charge in [-0.1, -0.05) is 27.5 Å². The number of halogens is 3. The molecular weight excluding hydrogens is 322 g/mol. The quantitative estimate of drug-likeness (QED) is 0.908. The van der Waals surface area contributed by atoms with E-state index in [0.717, 1.165) is 16.7 Å². The number of pyridine rings is 1. The molecule has 0 spiro atoms. The van der Waals surface area contributed by atoms with Gasteiger partial charge in [-0.15, -0.1) is 0 Å². The highest BCUT2D eigenvalue weighted by molar-refractivity contribution is 9.10. The van der Waals surface area contributed by atoms with Crippen molar-refractivity contribution >= 4 is 39.1 Å². The maximum absolute atomic E-state index is 12.9. The third-order valence-electron chi connectivity index (χ3n) is 2.14. The van der Waals surface area contributed by atoms with Crippen LogP contribution in [0.15, 0.2) is 41.1 Å². The lowest BCUT2D eigenvalue weighted by molar-refractivity contribution is 0.102. The molecule has 1 amide bonds. The van der Waals surface area contributed by atoms with Crippen LogP contribution in [0.1, 0.15) is 10.4 Å². The van der Waals surface area contributed by atoms with E-state index in [1.54, 1.807) is 18.2 Å². The van der Waals surface area contributed by atoms with Crippen molar-refractivity contribution in [2.75, 3.05) is 5.32 Å². The maximum Gasteiger partial charge on any atom is 0.257 e. The second-order valence-electron chi connectivity index (χ2n) is 3.47. The van der Waals surface area contributed by atoms with Gasteiger partial charge in [0.2, 0.25) is 0 Å². The van der Waals surface area contributed by atoms with Gasteiger partial charge >= 0.3 is 0 Å². The molecule has 3 nitrogen and oxygen atoms in total. The van der Waals surface area contributed by atoms with Gasteiger partial charge in [0.15, 0.2) is 0 Å². The van der Waals surface area contributed by atoms with Crippen LogP contribution >= 0.6 is 27.5 Å². The van der Waals surface area contributed by atoms with Gasteiger partial charge in [0, 0.05) is 10.7 Å². The number of anilines is 1. The van der Waals surface area contributed by atoms with Crippen molar-refractivity contribution in [1.82, 2.24) is 4.98 Å². The van der Waals surface area contributed by atoms with Crippen LogP contribution in [0.25, 0.3) is 0 Å². The Morgan fingerprint density at radius 2 is 2.11 bits per heavy atom. The Hall–Kier alpha value is -1.46. The van der Waals surface area contributed by atoms with Gasteiger partial charge in [0.25, 0.3) is 5.91 Å². The number of nitrogens with one attached hydrogen (secondary N) is 1. The van der Waals surface area contributed by atoms with E-state index < -0.39 is 11.7 Å². The average molecular weight is 330 g/mol. The van der Waals surface area contributed by atoms with Gasteiger partial charge < -0.3 is 5.32 Å². The smallest absolute Gasteiger partial charge is 0.257 e. The average Bonchev–Trinajstić information content (AvgIpc) is 2.34. The number of carbonyl (C=O) groups excluding carboxylic acids is 1. The van der Waals surface area contributed by atoms with E-state index in [2.05, 4.69) is 26.2 Å². The van der Waals surface area contributed by atoms with Gasteiger partial charge in [-0.25, -0.2) is 4.39 Å². The van der Waals surface area contributed by atoms with Crippen molar-refractivity contribution in [3.63, 3.8) is 0 Å². The van der Waals surface area contributed by atoms with Crippen LogP contribution in [0.2, 0.25) is 5.02 Å². The van der Waals surface area contributed by atoms with Gasteiger partial charge in [-0.2, -0.15) is 0 Å². The number of carbonyl (C=O) groups is 1. The minimum atomic E-state index is -0.567. The summed E-state index contributed by atoms with van der Waals surface area (Å²) in [7, 11) is 0. The van der Waals surface area contributed by atoms with E-state index >= 15 is 0 Å². The Morgan fingerprint density at radius 3 is 2.83 bits per heavy atom. The molecule has 0 bridgehead atoms. The molecule has 0 aliphatic rings. The fourth-order valence-electron chi connectivity index (χ4n) is 1.32. The summed E-state index contributed by atoms with van der Waals surface area (Å²) in [4.78, 5) is 15.4. The molecule has 1 heterocycles. The Labute approximate surface area is 116 Å². The highest BCUT2D eigenvalue weighted by atomic mass is 79.9. The molecule has 2 aromatic rings. The second-order valence-corrected chi connectivity index (χ2v) is 4.79. The van der Waals surface area contributed by atoms with E-state index in [0.29, 0.717) is 10.7 Å². The van der Waals surface area contributed by atoms with Crippen LogP contribution < -0.4 is 5.32 Å². The summed E-state index contributed by atoms with van der Waals surface area (Å²) in [5, 5.41) is 2.99. The fraction of sp³-hybridized carbons (Fsp3) is 0. The number of hydrogen-bond acceptors (Lipinski definition) is 2. The highest BCUT2D eigenvalue weighted by Crippen LogP contribution is 2.26. The standard InChI is InChI=1S/C12H7BrClFN2O/c13-8-1-2-10(14)11(4-8)17-12(18)7-3-9(15)6-16-5-7/h1-6H,(H,17,18). The first-order chi connectivity index (χ1) is 8.56. The largest absolute Gasteiger partial charge is 0.321 e. The number of aromatic nitrogens is 1. The Balaban J connectivity index is 2.24. The minimum Gasteiger partial charge on any atom is -0.321 e. The van der Waals surface area contributed by atoms with Crippen molar-refractivity contribution in [3.05, 3.63) is 57.5 Å². The highest BCUT2D eigenvalue weighted by Gasteiger charge is 2.10. The molecule has 6 heteroatoms. The van der Waals surface area contributed by atoms with Crippen LogP contribution in [0.3, 0.4) is 0 Å². The molecule has 0 saturated carbocycles. The van der Waals surface area contributed by atoms with Gasteiger partial charge in [0.1, 0.15) is 5.82 Å². The third-order valence-corrected chi connectivity index (χ3v) is 2.97. The first kappa shape index (κ1) is 13.0. The zero-order valence-corrected chi connectivity index (χ0v) is 11.3. The molecule has 0 fully saturated rings. The summed E-state index contributed by atoms with van der Waals surface area (Å²) in [6.45, 7) is 0. The molecule has 1 aromatic carbocycles. The SMILES string of the molecule is O=C(Nc1cc(Br)ccc1Cl)c1cncc(F)c1. The van der Waals surface area contributed by atoms with E-state index in [-0.39, 0.29) is 5.56 Å². The zero-order valence-electron chi connectivity index (χ0n) is 8.95. The molecule has 1 aromatic heterocycles. The maximum atomic E-state index is 12.9. The van der Waals surface area contributed by atoms with Crippen LogP contribution in [0, 0.1) is 5.82 Å². The third kappa shape index (κ3) is 3.05. The number of hydrogen-bond donors (Lipinski definition) is 1. The molecule has 0 saturated heterocycles. The van der Waals surface area contributed by atoms with E-state index in [4.69, 9.17) is 11.6 Å². The fourth-order valence-corrected chi connectivity index (χ4v) is 1.85. The van der Waals surface area contributed by atoms with Crippen molar-refractivity contribution in [2.24, 2.45) is 0 Å². The van der Waals surface area contributed by atoms with Crippen LogP contribution in [0.5, 0.6) is 0 Å². The molecular formula is C12H7BrClFN2O. The number of benzene rings is 1. The first-order valence-electron chi connectivity index (χ1n) is 4.93. The van der Waals surface area contributed by atoms with Crippen molar-refractivity contribution in [3.8, 4) is 0 Å². The van der Waals surface area contributed by atoms with Crippen molar-refractivity contribution < 1.29 is 9.18 Å². The normalized spacial score (nSPS) is 10.2. The first-order valence-corrected chi connectivity index (χ1v) is 6.10. The molecule has 0 aliphatic heterocycles. The van der Waals surface area contributed by atoms with Crippen LogP contribution in [-0.4, -0.2) is 10.9 Å². The number of nitrogens with zero attached hydrogens (tertiary/aromatic N) is 1. The summed E-state index contributed by atoms with van der Waals surface area (Å²) < 4.78 is 13.7. The van der Waals surface area contributed by atoms with Crippen molar-refractivity contribution in [1.29, 1.82) is 0 Å². The summed E-state index contributed by atoms with van der Waals surface area (Å²) in [6, 6.07) is 6.16. The summed E-state index contributed by atoms with van der Waals surface area (Å²) in [5.41, 5.74) is 0.575. The molecule has 0 radical (unpaired) electrons. The molecule has 92 valence electrons. The summed E-state index contributed by atoms with van der Waals surface area (Å²) in [6.07, 6.45) is 2.31. The molecule has 0 unspecified atom stereocenters. The van der Waals surface area contributed by atoms with Crippen molar-refractivity contribution in [2.45, 2.75) is 0 Å². The lowest BCUT2D eigenvalue weighted by Crippen LogP contribution is -2.12. The van der Waals surface area contributed by atoms with Gasteiger partial charge in [0.05, 0.1) is 22.5 Å². The van der Waals surface area contributed by atoms with E-state index in [1.807, 2.05) is 0 Å². The second kappa shape index (κ2) is 5.46. The Morgan fingerprint density at radius 1 is 1.33 bits per heavy atom. The molecule has 1 N–H and O–H groups in total. The summed E-state index contributed by atoms with van der Waals surface area (Å²) >= 11 is 9.21. The molecule has 0 atom stereocenters. The topological polar surface area (TPSA) is 42.0 Å². The van der Waals surface area contributed by atoms with E-state index in [1.165, 1.54) is 6.20 Å². The predicted molar refractivity (Wildman–Crippen MR) is 71.3 cm³/mol. The Bertz CT molecular complexity index is 606. The number of amides is 1.